The highest BCUT2D eigenvalue weighted by molar-refractivity contribution is 9.10. The molecule has 18 heavy (non-hydrogen) atoms. The molecule has 2 rings (SSSR count). The second-order valence-electron chi connectivity index (χ2n) is 3.78. The zero-order valence-corrected chi connectivity index (χ0v) is 12.0. The predicted molar refractivity (Wildman–Crippen MR) is 74.2 cm³/mol. The van der Waals surface area contributed by atoms with Crippen LogP contribution in [0, 0.1) is 5.82 Å². The van der Waals surface area contributed by atoms with Crippen molar-refractivity contribution in [2.75, 3.05) is 7.05 Å². The van der Waals surface area contributed by atoms with Crippen molar-refractivity contribution in [1.82, 2.24) is 10.3 Å². The number of benzene rings is 1. The van der Waals surface area contributed by atoms with E-state index in [1.165, 1.54) is 6.20 Å². The molecule has 0 saturated carbocycles. The second kappa shape index (κ2) is 5.78. The minimum Gasteiger partial charge on any atom is -0.309 e. The lowest BCUT2D eigenvalue weighted by Crippen LogP contribution is -2.19. The Kier molecular flexibility index (Phi) is 4.32. The number of hydrogen-bond acceptors (Lipinski definition) is 2. The molecule has 0 saturated heterocycles. The van der Waals surface area contributed by atoms with E-state index < -0.39 is 0 Å². The third-order valence-electron chi connectivity index (χ3n) is 2.67. The largest absolute Gasteiger partial charge is 0.309 e. The van der Waals surface area contributed by atoms with Crippen LogP contribution in [-0.4, -0.2) is 12.0 Å². The van der Waals surface area contributed by atoms with Crippen molar-refractivity contribution in [3.63, 3.8) is 0 Å². The monoisotopic (exact) mass is 328 g/mol. The standard InChI is InChI=1S/C13H11BrClFN2/c1-17-13(9-4-5-18-7-12(9)16)10-6-8(15)2-3-11(10)14/h2-7,13,17H,1H3. The summed E-state index contributed by atoms with van der Waals surface area (Å²) in [5.41, 5.74) is 1.42. The molecule has 1 aromatic heterocycles. The van der Waals surface area contributed by atoms with Gasteiger partial charge in [-0.2, -0.15) is 0 Å². The summed E-state index contributed by atoms with van der Waals surface area (Å²) in [7, 11) is 1.78. The minimum atomic E-state index is -0.344. The summed E-state index contributed by atoms with van der Waals surface area (Å²) in [6.45, 7) is 0. The van der Waals surface area contributed by atoms with Crippen LogP contribution in [0.5, 0.6) is 0 Å². The third kappa shape index (κ3) is 2.71. The van der Waals surface area contributed by atoms with Crippen molar-refractivity contribution in [3.05, 3.63) is 63.1 Å². The number of hydrogen-bond donors (Lipinski definition) is 1. The molecule has 1 heterocycles. The van der Waals surface area contributed by atoms with E-state index in [2.05, 4.69) is 26.2 Å². The maximum Gasteiger partial charge on any atom is 0.146 e. The molecular formula is C13H11BrClFN2. The Labute approximate surface area is 118 Å². The average Bonchev–Trinajstić information content (AvgIpc) is 2.36. The number of rotatable bonds is 3. The van der Waals surface area contributed by atoms with E-state index >= 15 is 0 Å². The summed E-state index contributed by atoms with van der Waals surface area (Å²) >= 11 is 9.45. The van der Waals surface area contributed by atoms with Gasteiger partial charge in [0, 0.05) is 21.3 Å². The molecule has 0 aliphatic heterocycles. The summed E-state index contributed by atoms with van der Waals surface area (Å²) in [5, 5.41) is 3.70. The molecule has 0 bridgehead atoms. The van der Waals surface area contributed by atoms with Crippen molar-refractivity contribution < 1.29 is 4.39 Å². The molecule has 0 aliphatic rings. The average molecular weight is 330 g/mol. The first-order chi connectivity index (χ1) is 8.63. The fraction of sp³-hybridized carbons (Fsp3) is 0.154. The summed E-state index contributed by atoms with van der Waals surface area (Å²) in [6.07, 6.45) is 2.78. The van der Waals surface area contributed by atoms with Gasteiger partial charge in [0.25, 0.3) is 0 Å². The van der Waals surface area contributed by atoms with E-state index in [0.29, 0.717) is 10.6 Å². The number of aromatic nitrogens is 1. The number of pyridine rings is 1. The van der Waals surface area contributed by atoms with Gasteiger partial charge in [0.15, 0.2) is 0 Å². The van der Waals surface area contributed by atoms with Gasteiger partial charge in [0.1, 0.15) is 5.82 Å². The first-order valence-corrected chi connectivity index (χ1v) is 6.52. The van der Waals surface area contributed by atoms with E-state index in [0.717, 1.165) is 10.0 Å². The first-order valence-electron chi connectivity index (χ1n) is 5.35. The van der Waals surface area contributed by atoms with Crippen molar-refractivity contribution in [1.29, 1.82) is 0 Å². The van der Waals surface area contributed by atoms with Crippen molar-refractivity contribution >= 4 is 27.5 Å². The quantitative estimate of drug-likeness (QED) is 0.922. The highest BCUT2D eigenvalue weighted by atomic mass is 79.9. The Bertz CT molecular complexity index is 562. The second-order valence-corrected chi connectivity index (χ2v) is 5.08. The van der Waals surface area contributed by atoms with Crippen LogP contribution in [-0.2, 0) is 0 Å². The molecule has 5 heteroatoms. The topological polar surface area (TPSA) is 24.9 Å². The number of nitrogens with one attached hydrogen (secondary N) is 1. The maximum absolute atomic E-state index is 13.8. The van der Waals surface area contributed by atoms with E-state index in [1.54, 1.807) is 25.4 Å². The van der Waals surface area contributed by atoms with Gasteiger partial charge >= 0.3 is 0 Å². The Balaban J connectivity index is 2.52. The molecule has 0 radical (unpaired) electrons. The molecular weight excluding hydrogens is 319 g/mol. The van der Waals surface area contributed by atoms with Gasteiger partial charge < -0.3 is 5.32 Å². The summed E-state index contributed by atoms with van der Waals surface area (Å²) in [6, 6.07) is 6.82. The van der Waals surface area contributed by atoms with Gasteiger partial charge in [-0.15, -0.1) is 0 Å². The zero-order chi connectivity index (χ0) is 13.1. The zero-order valence-electron chi connectivity index (χ0n) is 9.62. The van der Waals surface area contributed by atoms with Crippen LogP contribution in [0.4, 0.5) is 4.39 Å². The van der Waals surface area contributed by atoms with Crippen LogP contribution < -0.4 is 5.32 Å². The molecule has 94 valence electrons. The van der Waals surface area contributed by atoms with Crippen LogP contribution in [0.1, 0.15) is 17.2 Å². The summed E-state index contributed by atoms with van der Waals surface area (Å²) in [4.78, 5) is 3.75. The van der Waals surface area contributed by atoms with Crippen LogP contribution in [0.15, 0.2) is 41.1 Å². The molecule has 0 amide bonds. The molecule has 1 unspecified atom stereocenters. The lowest BCUT2D eigenvalue weighted by molar-refractivity contribution is 0.570. The summed E-state index contributed by atoms with van der Waals surface area (Å²) in [5.74, 6) is -0.344. The third-order valence-corrected chi connectivity index (χ3v) is 3.63. The molecule has 1 N–H and O–H groups in total. The van der Waals surface area contributed by atoms with Crippen molar-refractivity contribution in [3.8, 4) is 0 Å². The van der Waals surface area contributed by atoms with Gasteiger partial charge in [-0.05, 0) is 36.9 Å². The number of halogens is 3. The highest BCUT2D eigenvalue weighted by Gasteiger charge is 2.18. The Morgan fingerprint density at radius 2 is 2.11 bits per heavy atom. The predicted octanol–water partition coefficient (Wildman–Crippen LogP) is 3.95. The van der Waals surface area contributed by atoms with E-state index in [9.17, 15) is 4.39 Å². The van der Waals surface area contributed by atoms with E-state index in [1.807, 2.05) is 12.1 Å². The Hall–Kier alpha value is -0.970. The molecule has 1 aromatic carbocycles. The highest BCUT2D eigenvalue weighted by Crippen LogP contribution is 2.31. The van der Waals surface area contributed by atoms with Crippen molar-refractivity contribution in [2.24, 2.45) is 0 Å². The van der Waals surface area contributed by atoms with Gasteiger partial charge in [-0.3, -0.25) is 4.98 Å². The summed E-state index contributed by atoms with van der Waals surface area (Å²) < 4.78 is 14.7. The van der Waals surface area contributed by atoms with Crippen LogP contribution >= 0.6 is 27.5 Å². The Morgan fingerprint density at radius 1 is 1.33 bits per heavy atom. The molecule has 0 fully saturated rings. The minimum absolute atomic E-state index is 0.277. The number of nitrogens with zero attached hydrogens (tertiary/aromatic N) is 1. The fourth-order valence-electron chi connectivity index (χ4n) is 1.83. The van der Waals surface area contributed by atoms with Crippen molar-refractivity contribution in [2.45, 2.75) is 6.04 Å². The lowest BCUT2D eigenvalue weighted by atomic mass is 9.99. The molecule has 1 atom stereocenters. The molecule has 0 aliphatic carbocycles. The Morgan fingerprint density at radius 3 is 2.78 bits per heavy atom. The molecule has 2 aromatic rings. The van der Waals surface area contributed by atoms with Gasteiger partial charge in [0.05, 0.1) is 12.2 Å². The first kappa shape index (κ1) is 13.5. The SMILES string of the molecule is CNC(c1ccncc1F)c1cc(Cl)ccc1Br. The smallest absolute Gasteiger partial charge is 0.146 e. The van der Waals surface area contributed by atoms with Crippen LogP contribution in [0.25, 0.3) is 0 Å². The van der Waals surface area contributed by atoms with E-state index in [4.69, 9.17) is 11.6 Å². The van der Waals surface area contributed by atoms with Gasteiger partial charge in [-0.25, -0.2) is 4.39 Å². The van der Waals surface area contributed by atoms with Gasteiger partial charge in [-0.1, -0.05) is 27.5 Å². The normalized spacial score (nSPS) is 12.4. The van der Waals surface area contributed by atoms with Crippen LogP contribution in [0.3, 0.4) is 0 Å². The maximum atomic E-state index is 13.8. The molecule has 0 spiro atoms. The van der Waals surface area contributed by atoms with E-state index in [-0.39, 0.29) is 11.9 Å². The van der Waals surface area contributed by atoms with Gasteiger partial charge in [0.2, 0.25) is 0 Å². The fourth-order valence-corrected chi connectivity index (χ4v) is 2.49. The van der Waals surface area contributed by atoms with Crippen LogP contribution in [0.2, 0.25) is 5.02 Å². The lowest BCUT2D eigenvalue weighted by Gasteiger charge is -2.19. The molecule has 2 nitrogen and oxygen atoms in total.